The summed E-state index contributed by atoms with van der Waals surface area (Å²) in [6, 6.07) is 0. The Hall–Kier alpha value is -1.94. The highest BCUT2D eigenvalue weighted by molar-refractivity contribution is 7.47. The second kappa shape index (κ2) is 65.0. The molecule has 0 rings (SSSR count). The van der Waals surface area contributed by atoms with Crippen LogP contribution in [0.3, 0.4) is 0 Å². The van der Waals surface area contributed by atoms with E-state index in [1.807, 2.05) is 0 Å². The lowest BCUT2D eigenvalue weighted by Gasteiger charge is -2.21. The third kappa shape index (κ3) is 65.4. The monoisotopic (exact) mass is 1350 g/mol. The molecule has 6 atom stereocenters. The van der Waals surface area contributed by atoms with Crippen LogP contribution >= 0.6 is 15.6 Å². The number of rotatable bonds is 72. The quantitative estimate of drug-likeness (QED) is 0.0222. The molecule has 0 fully saturated rings. The molecule has 17 nitrogen and oxygen atoms in total. The second-order valence-corrected chi connectivity index (χ2v) is 30.0. The average molecular weight is 1350 g/mol. The number of aliphatic hydroxyl groups excluding tert-OH is 1. The average Bonchev–Trinajstić information content (AvgIpc) is 3.70. The van der Waals surface area contributed by atoms with Crippen molar-refractivity contribution in [2.45, 2.75) is 394 Å². The number of hydrogen-bond donors (Lipinski definition) is 3. The summed E-state index contributed by atoms with van der Waals surface area (Å²) < 4.78 is 68.3. The van der Waals surface area contributed by atoms with Gasteiger partial charge < -0.3 is 33.8 Å². The first-order chi connectivity index (χ1) is 44.4. The van der Waals surface area contributed by atoms with E-state index in [9.17, 15) is 43.2 Å². The molecule has 0 aliphatic carbocycles. The zero-order valence-electron chi connectivity index (χ0n) is 59.9. The molecule has 0 heterocycles. The molecule has 92 heavy (non-hydrogen) atoms. The fraction of sp³-hybridized carbons (Fsp3) is 0.945. The molecule has 0 saturated heterocycles. The van der Waals surface area contributed by atoms with Crippen LogP contribution in [0.1, 0.15) is 375 Å². The van der Waals surface area contributed by atoms with Gasteiger partial charge in [0.05, 0.1) is 26.4 Å². The maximum Gasteiger partial charge on any atom is 0.472 e. The summed E-state index contributed by atoms with van der Waals surface area (Å²) in [5.74, 6) is -0.495. The van der Waals surface area contributed by atoms with E-state index in [0.29, 0.717) is 25.7 Å². The van der Waals surface area contributed by atoms with Gasteiger partial charge in [-0.05, 0) is 37.5 Å². The second-order valence-electron chi connectivity index (χ2n) is 27.1. The van der Waals surface area contributed by atoms with Crippen molar-refractivity contribution in [1.82, 2.24) is 0 Å². The lowest BCUT2D eigenvalue weighted by molar-refractivity contribution is -0.161. The number of ether oxygens (including phenoxy) is 4. The third-order valence-corrected chi connectivity index (χ3v) is 19.2. The van der Waals surface area contributed by atoms with Crippen LogP contribution in [0.2, 0.25) is 0 Å². The molecule has 0 spiro atoms. The number of aliphatic hydroxyl groups is 1. The van der Waals surface area contributed by atoms with Crippen LogP contribution in [0.4, 0.5) is 0 Å². The number of phosphoric acid groups is 2. The summed E-state index contributed by atoms with van der Waals surface area (Å²) >= 11 is 0. The van der Waals surface area contributed by atoms with Crippen molar-refractivity contribution in [2.75, 3.05) is 39.6 Å². The molecule has 3 unspecified atom stereocenters. The Morgan fingerprint density at radius 2 is 0.554 bits per heavy atom. The summed E-state index contributed by atoms with van der Waals surface area (Å²) in [5.41, 5.74) is 0. The molecular weight excluding hydrogens is 1210 g/mol. The molecule has 0 aromatic heterocycles. The molecule has 0 aromatic rings. The molecule has 19 heteroatoms. The van der Waals surface area contributed by atoms with Crippen molar-refractivity contribution < 1.29 is 80.2 Å². The molecular formula is C73H142O17P2. The minimum atomic E-state index is -4.95. The Kier molecular flexibility index (Phi) is 63.7. The number of esters is 4. The van der Waals surface area contributed by atoms with Crippen LogP contribution < -0.4 is 0 Å². The molecule has 0 saturated carbocycles. The van der Waals surface area contributed by atoms with Crippen LogP contribution in [-0.2, 0) is 65.4 Å². The summed E-state index contributed by atoms with van der Waals surface area (Å²) in [5, 5.41) is 10.6. The van der Waals surface area contributed by atoms with Gasteiger partial charge in [0.25, 0.3) is 0 Å². The van der Waals surface area contributed by atoms with Gasteiger partial charge in [0.15, 0.2) is 12.2 Å². The standard InChI is InChI=1S/C73H142O17P2/c1-7-10-12-14-16-17-18-27-33-39-45-51-57-72(77)89-68(61-83-70(75)55-49-43-35-15-13-11-8-2)63-87-91(79,80)85-59-67(74)60-86-92(81,82)88-64-69(62-84-71(76)56-50-44-38-32-28-24-23-25-30-36-41-47-53-65(4)5)90-73(78)58-52-46-40-34-29-22-20-19-21-26-31-37-42-48-54-66(6)9-3/h65-69,74H,7-64H2,1-6H3,(H,79,80)(H,81,82)/t66?,67-,68+,69+/m0/s1. The molecule has 0 radical (unpaired) electrons. The first-order valence-corrected chi connectivity index (χ1v) is 41.0. The van der Waals surface area contributed by atoms with Gasteiger partial charge in [-0.1, -0.05) is 324 Å². The number of hydrogen-bond acceptors (Lipinski definition) is 15. The van der Waals surface area contributed by atoms with Gasteiger partial charge >= 0.3 is 39.5 Å². The van der Waals surface area contributed by atoms with Gasteiger partial charge in [0, 0.05) is 25.7 Å². The van der Waals surface area contributed by atoms with Crippen LogP contribution in [0.25, 0.3) is 0 Å². The van der Waals surface area contributed by atoms with Gasteiger partial charge in [-0.3, -0.25) is 37.3 Å². The van der Waals surface area contributed by atoms with E-state index in [2.05, 4.69) is 41.5 Å². The first kappa shape index (κ1) is 90.1. The van der Waals surface area contributed by atoms with Gasteiger partial charge in [0.1, 0.15) is 19.3 Å². The van der Waals surface area contributed by atoms with E-state index in [1.54, 1.807) is 0 Å². The lowest BCUT2D eigenvalue weighted by atomic mass is 9.99. The van der Waals surface area contributed by atoms with E-state index in [1.165, 1.54) is 180 Å². The number of carbonyl (C=O) groups is 4. The van der Waals surface area contributed by atoms with E-state index < -0.39 is 97.5 Å². The molecule has 0 aromatic carbocycles. The SMILES string of the molecule is CCCCCCCCCCCCCCC(=O)O[C@H](COC(=O)CCCCCCCCC)COP(=O)(O)OC[C@H](O)COP(=O)(O)OC[C@@H](COC(=O)CCCCCCCCCCCCCCC(C)C)OC(=O)CCCCCCCCCCCCCCCCC(C)CC. The molecule has 0 amide bonds. The Balaban J connectivity index is 5.20. The van der Waals surface area contributed by atoms with Crippen molar-refractivity contribution in [3.8, 4) is 0 Å². The zero-order chi connectivity index (χ0) is 67.9. The maximum absolute atomic E-state index is 13.1. The highest BCUT2D eigenvalue weighted by atomic mass is 31.2. The minimum absolute atomic E-state index is 0.107. The molecule has 0 bridgehead atoms. The normalized spacial score (nSPS) is 14.4. The fourth-order valence-electron chi connectivity index (χ4n) is 11.1. The van der Waals surface area contributed by atoms with Gasteiger partial charge in [-0.25, -0.2) is 9.13 Å². The number of phosphoric ester groups is 2. The Morgan fingerprint density at radius 3 is 0.826 bits per heavy atom. The third-order valence-electron chi connectivity index (χ3n) is 17.3. The largest absolute Gasteiger partial charge is 0.472 e. The van der Waals surface area contributed by atoms with Gasteiger partial charge in [-0.15, -0.1) is 0 Å². The summed E-state index contributed by atoms with van der Waals surface area (Å²) in [6.45, 7) is 9.60. The van der Waals surface area contributed by atoms with Crippen LogP contribution in [0.5, 0.6) is 0 Å². The van der Waals surface area contributed by atoms with Gasteiger partial charge in [-0.2, -0.15) is 0 Å². The van der Waals surface area contributed by atoms with E-state index >= 15 is 0 Å². The summed E-state index contributed by atoms with van der Waals surface area (Å²) in [6.07, 6.45) is 51.3. The van der Waals surface area contributed by atoms with Crippen molar-refractivity contribution in [2.24, 2.45) is 11.8 Å². The zero-order valence-corrected chi connectivity index (χ0v) is 61.6. The van der Waals surface area contributed by atoms with Crippen molar-refractivity contribution in [3.63, 3.8) is 0 Å². The van der Waals surface area contributed by atoms with Crippen molar-refractivity contribution in [3.05, 3.63) is 0 Å². The molecule has 0 aliphatic rings. The highest BCUT2D eigenvalue weighted by Gasteiger charge is 2.30. The molecule has 546 valence electrons. The Morgan fingerprint density at radius 1 is 0.315 bits per heavy atom. The van der Waals surface area contributed by atoms with Crippen molar-refractivity contribution in [1.29, 1.82) is 0 Å². The highest BCUT2D eigenvalue weighted by Crippen LogP contribution is 2.45. The maximum atomic E-state index is 13.1. The van der Waals surface area contributed by atoms with Crippen LogP contribution in [0, 0.1) is 11.8 Å². The van der Waals surface area contributed by atoms with E-state index in [0.717, 1.165) is 115 Å². The molecule has 3 N–H and O–H groups in total. The number of unbranched alkanes of at least 4 members (excludes halogenated alkanes) is 41. The topological polar surface area (TPSA) is 237 Å². The molecule has 0 aliphatic heterocycles. The number of carbonyl (C=O) groups excluding carboxylic acids is 4. The summed E-state index contributed by atoms with van der Waals surface area (Å²) in [4.78, 5) is 72.5. The Bertz CT molecular complexity index is 1790. The Labute approximate surface area is 562 Å². The van der Waals surface area contributed by atoms with Gasteiger partial charge in [0.2, 0.25) is 0 Å². The predicted octanol–water partition coefficient (Wildman–Crippen LogP) is 21.2. The van der Waals surface area contributed by atoms with E-state index in [-0.39, 0.29) is 25.7 Å². The lowest BCUT2D eigenvalue weighted by Crippen LogP contribution is -2.30. The van der Waals surface area contributed by atoms with E-state index in [4.69, 9.17) is 37.0 Å². The smallest absolute Gasteiger partial charge is 0.462 e. The summed E-state index contributed by atoms with van der Waals surface area (Å²) in [7, 11) is -9.90. The van der Waals surface area contributed by atoms with Crippen molar-refractivity contribution >= 4 is 39.5 Å². The first-order valence-electron chi connectivity index (χ1n) is 38.0. The van der Waals surface area contributed by atoms with Crippen LogP contribution in [0.15, 0.2) is 0 Å². The fourth-order valence-corrected chi connectivity index (χ4v) is 12.7. The minimum Gasteiger partial charge on any atom is -0.462 e. The van der Waals surface area contributed by atoms with Crippen LogP contribution in [-0.4, -0.2) is 96.7 Å². The predicted molar refractivity (Wildman–Crippen MR) is 372 cm³/mol.